The molecule has 8 nitrogen and oxygen atoms in total. The second kappa shape index (κ2) is 10.6. The topological polar surface area (TPSA) is 79.4 Å². The van der Waals surface area contributed by atoms with E-state index in [9.17, 15) is 14.4 Å². The number of methoxy groups -OCH3 is 1. The van der Waals surface area contributed by atoms with Gasteiger partial charge in [-0.1, -0.05) is 42.2 Å². The summed E-state index contributed by atoms with van der Waals surface area (Å²) in [6, 6.07) is 7.42. The molecule has 0 aromatic heterocycles. The van der Waals surface area contributed by atoms with Crippen molar-refractivity contribution in [2.45, 2.75) is 13.3 Å². The Morgan fingerprint density at radius 2 is 1.84 bits per heavy atom. The Morgan fingerprint density at radius 3 is 2.52 bits per heavy atom. The SMILES string of the molecule is CCOC(=O)N1CCN(C(=O)CCN2C(=O)/C(=C/c3ccccc3OC)SC2=S)CC1. The van der Waals surface area contributed by atoms with Gasteiger partial charge in [-0.3, -0.25) is 14.5 Å². The maximum atomic E-state index is 12.8. The summed E-state index contributed by atoms with van der Waals surface area (Å²) in [6.45, 7) is 4.09. The van der Waals surface area contributed by atoms with E-state index in [2.05, 4.69) is 0 Å². The molecule has 0 atom stereocenters. The fourth-order valence-electron chi connectivity index (χ4n) is 3.34. The van der Waals surface area contributed by atoms with Crippen LogP contribution in [-0.4, -0.2) is 83.4 Å². The van der Waals surface area contributed by atoms with Crippen LogP contribution in [0.5, 0.6) is 5.75 Å². The summed E-state index contributed by atoms with van der Waals surface area (Å²) in [5.74, 6) is 0.400. The van der Waals surface area contributed by atoms with Crippen LogP contribution in [0.25, 0.3) is 6.08 Å². The van der Waals surface area contributed by atoms with E-state index in [0.29, 0.717) is 47.8 Å². The maximum Gasteiger partial charge on any atom is 0.409 e. The second-order valence-electron chi connectivity index (χ2n) is 6.89. The highest BCUT2D eigenvalue weighted by Crippen LogP contribution is 2.34. The summed E-state index contributed by atoms with van der Waals surface area (Å²) in [7, 11) is 1.58. The number of carbonyl (C=O) groups is 3. The first-order chi connectivity index (χ1) is 14.9. The van der Waals surface area contributed by atoms with Crippen LogP contribution in [0.1, 0.15) is 18.9 Å². The summed E-state index contributed by atoms with van der Waals surface area (Å²) in [5, 5.41) is 0. The highest BCUT2D eigenvalue weighted by atomic mass is 32.2. The normalized spacial score (nSPS) is 18.0. The van der Waals surface area contributed by atoms with Gasteiger partial charge < -0.3 is 19.3 Å². The zero-order valence-electron chi connectivity index (χ0n) is 17.5. The second-order valence-corrected chi connectivity index (χ2v) is 8.57. The molecule has 3 rings (SSSR count). The number of hydrogen-bond acceptors (Lipinski definition) is 7. The molecule has 2 saturated heterocycles. The summed E-state index contributed by atoms with van der Waals surface area (Å²) < 4.78 is 10.8. The van der Waals surface area contributed by atoms with Crippen LogP contribution < -0.4 is 4.74 Å². The van der Waals surface area contributed by atoms with Crippen molar-refractivity contribution >= 4 is 52.3 Å². The van der Waals surface area contributed by atoms with Gasteiger partial charge in [0.1, 0.15) is 10.1 Å². The summed E-state index contributed by atoms with van der Waals surface area (Å²) in [6.07, 6.45) is 1.58. The Balaban J connectivity index is 1.54. The van der Waals surface area contributed by atoms with E-state index in [1.165, 1.54) is 16.7 Å². The molecular weight excluding hydrogens is 438 g/mol. The minimum absolute atomic E-state index is 0.0636. The van der Waals surface area contributed by atoms with E-state index in [1.807, 2.05) is 24.3 Å². The molecule has 0 N–H and O–H groups in total. The summed E-state index contributed by atoms with van der Waals surface area (Å²) >= 11 is 6.58. The number of carbonyl (C=O) groups excluding carboxylic acids is 3. The number of rotatable bonds is 6. The smallest absolute Gasteiger partial charge is 0.409 e. The van der Waals surface area contributed by atoms with Gasteiger partial charge in [-0.25, -0.2) is 4.79 Å². The van der Waals surface area contributed by atoms with E-state index in [1.54, 1.807) is 29.9 Å². The predicted molar refractivity (Wildman–Crippen MR) is 123 cm³/mol. The van der Waals surface area contributed by atoms with Gasteiger partial charge in [0, 0.05) is 44.7 Å². The fourth-order valence-corrected chi connectivity index (χ4v) is 4.64. The van der Waals surface area contributed by atoms with Crippen molar-refractivity contribution in [3.05, 3.63) is 34.7 Å². The van der Waals surface area contributed by atoms with Crippen LogP contribution in [0.15, 0.2) is 29.2 Å². The van der Waals surface area contributed by atoms with Gasteiger partial charge in [-0.05, 0) is 19.1 Å². The van der Waals surface area contributed by atoms with Gasteiger partial charge >= 0.3 is 6.09 Å². The number of hydrogen-bond donors (Lipinski definition) is 0. The Bertz CT molecular complexity index is 897. The average molecular weight is 464 g/mol. The molecule has 2 aliphatic heterocycles. The Labute approximate surface area is 191 Å². The lowest BCUT2D eigenvalue weighted by atomic mass is 10.2. The van der Waals surface area contributed by atoms with Crippen molar-refractivity contribution in [1.82, 2.24) is 14.7 Å². The van der Waals surface area contributed by atoms with Gasteiger partial charge in [0.25, 0.3) is 5.91 Å². The molecule has 0 saturated carbocycles. The number of para-hydroxylation sites is 1. The summed E-state index contributed by atoms with van der Waals surface area (Å²) in [4.78, 5) is 42.5. The van der Waals surface area contributed by atoms with E-state index in [4.69, 9.17) is 21.7 Å². The largest absolute Gasteiger partial charge is 0.496 e. The van der Waals surface area contributed by atoms with Gasteiger partial charge in [-0.15, -0.1) is 0 Å². The molecule has 166 valence electrons. The highest BCUT2D eigenvalue weighted by molar-refractivity contribution is 8.26. The molecule has 0 unspecified atom stereocenters. The minimum Gasteiger partial charge on any atom is -0.496 e. The third kappa shape index (κ3) is 5.56. The van der Waals surface area contributed by atoms with Gasteiger partial charge in [0.2, 0.25) is 5.91 Å². The number of ether oxygens (including phenoxy) is 2. The third-order valence-corrected chi connectivity index (χ3v) is 6.38. The van der Waals surface area contributed by atoms with Crippen LogP contribution in [-0.2, 0) is 14.3 Å². The molecule has 0 spiro atoms. The average Bonchev–Trinajstić information content (AvgIpc) is 3.05. The van der Waals surface area contributed by atoms with E-state index >= 15 is 0 Å². The lowest BCUT2D eigenvalue weighted by Crippen LogP contribution is -2.51. The first-order valence-electron chi connectivity index (χ1n) is 10.0. The molecule has 0 aliphatic carbocycles. The Hall–Kier alpha value is -2.59. The maximum absolute atomic E-state index is 12.8. The number of benzene rings is 1. The van der Waals surface area contributed by atoms with Gasteiger partial charge in [-0.2, -0.15) is 0 Å². The van der Waals surface area contributed by atoms with E-state index < -0.39 is 0 Å². The van der Waals surface area contributed by atoms with Crippen LogP contribution in [0.4, 0.5) is 4.79 Å². The first-order valence-corrected chi connectivity index (χ1v) is 11.2. The molecule has 1 aromatic carbocycles. The molecule has 0 radical (unpaired) electrons. The summed E-state index contributed by atoms with van der Waals surface area (Å²) in [5.41, 5.74) is 0.793. The number of thioether (sulfide) groups is 1. The molecule has 10 heteroatoms. The molecule has 0 bridgehead atoms. The number of nitrogens with zero attached hydrogens (tertiary/aromatic N) is 3. The Morgan fingerprint density at radius 1 is 1.16 bits per heavy atom. The van der Waals surface area contributed by atoms with Crippen molar-refractivity contribution < 1.29 is 23.9 Å². The van der Waals surface area contributed by atoms with Gasteiger partial charge in [0.05, 0.1) is 18.6 Å². The highest BCUT2D eigenvalue weighted by Gasteiger charge is 2.33. The lowest BCUT2D eigenvalue weighted by Gasteiger charge is -2.34. The van der Waals surface area contributed by atoms with Crippen molar-refractivity contribution in [2.24, 2.45) is 0 Å². The van der Waals surface area contributed by atoms with Crippen molar-refractivity contribution in [1.29, 1.82) is 0 Å². The first kappa shape index (κ1) is 23.1. The molecule has 2 aliphatic rings. The molecular formula is C21H25N3O5S2. The predicted octanol–water partition coefficient (Wildman–Crippen LogP) is 2.59. The van der Waals surface area contributed by atoms with Crippen LogP contribution in [0, 0.1) is 0 Å². The zero-order valence-corrected chi connectivity index (χ0v) is 19.2. The standard InChI is InChI=1S/C21H25N3O5S2/c1-3-29-20(27)23-12-10-22(11-13-23)18(25)8-9-24-19(26)17(31-21(24)30)14-15-6-4-5-7-16(15)28-2/h4-7,14H,3,8-13H2,1-2H3/b17-14-. The van der Waals surface area contributed by atoms with Crippen LogP contribution in [0.2, 0.25) is 0 Å². The quantitative estimate of drug-likeness (QED) is 0.474. The number of piperazine rings is 1. The molecule has 2 fully saturated rings. The van der Waals surface area contributed by atoms with Crippen molar-refractivity contribution in [3.63, 3.8) is 0 Å². The number of amides is 3. The van der Waals surface area contributed by atoms with Crippen molar-refractivity contribution in [2.75, 3.05) is 46.4 Å². The Kier molecular flexibility index (Phi) is 7.91. The monoisotopic (exact) mass is 463 g/mol. The molecule has 1 aromatic rings. The molecule has 3 amide bonds. The van der Waals surface area contributed by atoms with Gasteiger partial charge in [0.15, 0.2) is 0 Å². The number of thiocarbonyl (C=S) groups is 1. The zero-order chi connectivity index (χ0) is 22.4. The minimum atomic E-state index is -0.353. The third-order valence-electron chi connectivity index (χ3n) is 5.01. The van der Waals surface area contributed by atoms with Crippen molar-refractivity contribution in [3.8, 4) is 5.75 Å². The fraction of sp³-hybridized carbons (Fsp3) is 0.429. The molecule has 2 heterocycles. The van der Waals surface area contributed by atoms with Crippen LogP contribution >= 0.6 is 24.0 Å². The lowest BCUT2D eigenvalue weighted by molar-refractivity contribution is -0.133. The van der Waals surface area contributed by atoms with E-state index in [-0.39, 0.29) is 30.9 Å². The van der Waals surface area contributed by atoms with E-state index in [0.717, 1.165) is 5.56 Å². The molecule has 31 heavy (non-hydrogen) atoms. The van der Waals surface area contributed by atoms with Crippen LogP contribution in [0.3, 0.4) is 0 Å².